The largest absolute Gasteiger partial charge is 0.383 e. The maximum absolute atomic E-state index is 13.8. The summed E-state index contributed by atoms with van der Waals surface area (Å²) in [5, 5.41) is 3.17. The molecule has 1 aliphatic rings. The molecule has 0 amide bonds. The Bertz CT molecular complexity index is 756. The van der Waals surface area contributed by atoms with Gasteiger partial charge >= 0.3 is 0 Å². The summed E-state index contributed by atoms with van der Waals surface area (Å²) in [6, 6.07) is 11.2. The van der Waals surface area contributed by atoms with Gasteiger partial charge in [0.15, 0.2) is 5.78 Å². The van der Waals surface area contributed by atoms with Crippen molar-refractivity contribution < 1.29 is 13.6 Å². The molecule has 0 aliphatic carbocycles. The molecule has 1 aliphatic heterocycles. The molecule has 6 heteroatoms. The van der Waals surface area contributed by atoms with Crippen LogP contribution in [-0.2, 0) is 0 Å². The van der Waals surface area contributed by atoms with E-state index in [9.17, 15) is 13.6 Å². The van der Waals surface area contributed by atoms with Gasteiger partial charge in [0.25, 0.3) is 0 Å². The Morgan fingerprint density at radius 2 is 1.73 bits per heavy atom. The van der Waals surface area contributed by atoms with E-state index in [4.69, 9.17) is 0 Å². The Kier molecular flexibility index (Phi) is 5.83. The second kappa shape index (κ2) is 8.27. The monoisotopic (exact) mass is 359 g/mol. The number of hydrogen-bond donors (Lipinski definition) is 1. The van der Waals surface area contributed by atoms with Crippen molar-refractivity contribution >= 4 is 17.2 Å². The van der Waals surface area contributed by atoms with E-state index < -0.39 is 5.82 Å². The van der Waals surface area contributed by atoms with Crippen LogP contribution in [0.3, 0.4) is 0 Å². The van der Waals surface area contributed by atoms with Gasteiger partial charge in [-0.05, 0) is 43.3 Å². The zero-order chi connectivity index (χ0) is 18.5. The average Bonchev–Trinajstić information content (AvgIpc) is 2.63. The van der Waals surface area contributed by atoms with Crippen molar-refractivity contribution in [1.29, 1.82) is 0 Å². The van der Waals surface area contributed by atoms with Crippen molar-refractivity contribution in [2.45, 2.75) is 6.92 Å². The molecule has 4 nitrogen and oxygen atoms in total. The maximum atomic E-state index is 13.8. The number of anilines is 2. The first-order valence-electron chi connectivity index (χ1n) is 8.81. The Balaban J connectivity index is 1.48. The molecule has 0 radical (unpaired) electrons. The lowest BCUT2D eigenvalue weighted by Crippen LogP contribution is -2.47. The van der Waals surface area contributed by atoms with Crippen LogP contribution in [0, 0.1) is 11.6 Å². The highest BCUT2D eigenvalue weighted by Crippen LogP contribution is 2.20. The number of ketones is 1. The molecule has 1 fully saturated rings. The standard InChI is InChI=1S/C20H23F2N3O/c1-15(26)20-18(22)3-2-4-19(20)23-9-10-24-11-13-25(14-12-24)17-7-5-16(21)6-8-17/h2-8,23H,9-14H2,1H3. The summed E-state index contributed by atoms with van der Waals surface area (Å²) in [5.41, 5.74) is 1.70. The normalized spacial score (nSPS) is 15.1. The van der Waals surface area contributed by atoms with Crippen molar-refractivity contribution in [3.05, 3.63) is 59.7 Å². The van der Waals surface area contributed by atoms with Crippen LogP contribution in [0.4, 0.5) is 20.2 Å². The van der Waals surface area contributed by atoms with Gasteiger partial charge < -0.3 is 10.2 Å². The number of nitrogens with zero attached hydrogens (tertiary/aromatic N) is 2. The molecule has 138 valence electrons. The van der Waals surface area contributed by atoms with Crippen molar-refractivity contribution in [3.63, 3.8) is 0 Å². The first kappa shape index (κ1) is 18.3. The molecule has 0 aromatic heterocycles. The molecule has 1 N–H and O–H groups in total. The van der Waals surface area contributed by atoms with Crippen LogP contribution in [0.15, 0.2) is 42.5 Å². The molecular weight excluding hydrogens is 336 g/mol. The number of nitrogens with one attached hydrogen (secondary N) is 1. The highest BCUT2D eigenvalue weighted by Gasteiger charge is 2.17. The highest BCUT2D eigenvalue weighted by molar-refractivity contribution is 5.99. The number of Topliss-reactive ketones (excluding diaryl/α,β-unsaturated/α-hetero) is 1. The van der Waals surface area contributed by atoms with Gasteiger partial charge in [-0.25, -0.2) is 8.78 Å². The maximum Gasteiger partial charge on any atom is 0.164 e. The smallest absolute Gasteiger partial charge is 0.164 e. The number of halogens is 2. The third-order valence-electron chi connectivity index (χ3n) is 4.67. The minimum atomic E-state index is -0.490. The fraction of sp³-hybridized carbons (Fsp3) is 0.350. The van der Waals surface area contributed by atoms with Gasteiger partial charge in [0.1, 0.15) is 11.6 Å². The Morgan fingerprint density at radius 3 is 2.38 bits per heavy atom. The number of piperazine rings is 1. The number of carbonyl (C=O) groups is 1. The lowest BCUT2D eigenvalue weighted by Gasteiger charge is -2.36. The summed E-state index contributed by atoms with van der Waals surface area (Å²) < 4.78 is 26.8. The zero-order valence-corrected chi connectivity index (χ0v) is 14.8. The molecule has 3 rings (SSSR count). The molecule has 0 atom stereocenters. The molecule has 0 saturated carbocycles. The highest BCUT2D eigenvalue weighted by atomic mass is 19.1. The lowest BCUT2D eigenvalue weighted by atomic mass is 10.1. The van der Waals surface area contributed by atoms with Crippen LogP contribution >= 0.6 is 0 Å². The zero-order valence-electron chi connectivity index (χ0n) is 14.8. The Labute approximate surface area is 152 Å². The second-order valence-corrected chi connectivity index (χ2v) is 6.45. The molecule has 1 heterocycles. The van der Waals surface area contributed by atoms with Crippen LogP contribution in [0.25, 0.3) is 0 Å². The topological polar surface area (TPSA) is 35.6 Å². The molecule has 1 saturated heterocycles. The van der Waals surface area contributed by atoms with Crippen LogP contribution in [0.1, 0.15) is 17.3 Å². The van der Waals surface area contributed by atoms with Crippen LogP contribution in [-0.4, -0.2) is 50.0 Å². The molecule has 2 aromatic carbocycles. The fourth-order valence-corrected chi connectivity index (χ4v) is 3.26. The van der Waals surface area contributed by atoms with Crippen molar-refractivity contribution in [2.24, 2.45) is 0 Å². The fourth-order valence-electron chi connectivity index (χ4n) is 3.26. The van der Waals surface area contributed by atoms with Gasteiger partial charge in [-0.2, -0.15) is 0 Å². The SMILES string of the molecule is CC(=O)c1c(F)cccc1NCCN1CCN(c2ccc(F)cc2)CC1. The third kappa shape index (κ3) is 4.38. The van der Waals surface area contributed by atoms with E-state index in [1.807, 2.05) is 0 Å². The van der Waals surface area contributed by atoms with Gasteiger partial charge in [-0.1, -0.05) is 6.07 Å². The quantitative estimate of drug-likeness (QED) is 0.802. The van der Waals surface area contributed by atoms with Crippen LogP contribution < -0.4 is 10.2 Å². The molecule has 0 spiro atoms. The van der Waals surface area contributed by atoms with E-state index in [0.717, 1.165) is 38.4 Å². The van der Waals surface area contributed by atoms with Gasteiger partial charge in [-0.3, -0.25) is 9.69 Å². The summed E-state index contributed by atoms with van der Waals surface area (Å²) in [6.07, 6.45) is 0. The van der Waals surface area contributed by atoms with Crippen molar-refractivity contribution in [3.8, 4) is 0 Å². The van der Waals surface area contributed by atoms with Crippen molar-refractivity contribution in [2.75, 3.05) is 49.5 Å². The summed E-state index contributed by atoms with van der Waals surface area (Å²) in [6.45, 7) is 6.39. The molecule has 0 bridgehead atoms. The van der Waals surface area contributed by atoms with E-state index in [0.29, 0.717) is 12.2 Å². The average molecular weight is 359 g/mol. The Hall–Kier alpha value is -2.47. The minimum Gasteiger partial charge on any atom is -0.383 e. The van der Waals surface area contributed by atoms with Gasteiger partial charge in [-0.15, -0.1) is 0 Å². The first-order valence-corrected chi connectivity index (χ1v) is 8.81. The number of rotatable bonds is 6. The molecule has 0 unspecified atom stereocenters. The van der Waals surface area contributed by atoms with E-state index in [2.05, 4.69) is 15.1 Å². The van der Waals surface area contributed by atoms with Crippen LogP contribution in [0.2, 0.25) is 0 Å². The van der Waals surface area contributed by atoms with Crippen molar-refractivity contribution in [1.82, 2.24) is 4.90 Å². The second-order valence-electron chi connectivity index (χ2n) is 6.45. The predicted octanol–water partition coefficient (Wildman–Crippen LogP) is 3.40. The number of benzene rings is 2. The summed E-state index contributed by atoms with van der Waals surface area (Å²) in [7, 11) is 0. The van der Waals surface area contributed by atoms with E-state index in [-0.39, 0.29) is 17.2 Å². The number of carbonyl (C=O) groups excluding carboxylic acids is 1. The van der Waals surface area contributed by atoms with E-state index in [1.165, 1.54) is 25.1 Å². The summed E-state index contributed by atoms with van der Waals surface area (Å²) in [5.74, 6) is -0.991. The van der Waals surface area contributed by atoms with Gasteiger partial charge in [0, 0.05) is 50.6 Å². The first-order chi connectivity index (χ1) is 12.5. The summed E-state index contributed by atoms with van der Waals surface area (Å²) >= 11 is 0. The molecular formula is C20H23F2N3O. The lowest BCUT2D eigenvalue weighted by molar-refractivity contribution is 0.101. The van der Waals surface area contributed by atoms with Gasteiger partial charge in [0.05, 0.1) is 5.56 Å². The minimum absolute atomic E-state index is 0.119. The van der Waals surface area contributed by atoms with Crippen LogP contribution in [0.5, 0.6) is 0 Å². The van der Waals surface area contributed by atoms with E-state index in [1.54, 1.807) is 24.3 Å². The van der Waals surface area contributed by atoms with E-state index >= 15 is 0 Å². The molecule has 2 aromatic rings. The predicted molar refractivity (Wildman–Crippen MR) is 99.9 cm³/mol. The third-order valence-corrected chi connectivity index (χ3v) is 4.67. The Morgan fingerprint density at radius 1 is 1.04 bits per heavy atom. The summed E-state index contributed by atoms with van der Waals surface area (Å²) in [4.78, 5) is 16.2. The number of hydrogen-bond acceptors (Lipinski definition) is 4. The molecule has 26 heavy (non-hydrogen) atoms. The van der Waals surface area contributed by atoms with Gasteiger partial charge in [0.2, 0.25) is 0 Å².